The number of benzene rings is 1. The molecule has 0 unspecified atom stereocenters. The third-order valence-corrected chi connectivity index (χ3v) is 2.52. The maximum absolute atomic E-state index is 13.5. The molecule has 0 bridgehead atoms. The highest BCUT2D eigenvalue weighted by Crippen LogP contribution is 2.18. The monoisotopic (exact) mass is 290 g/mol. The lowest BCUT2D eigenvalue weighted by Crippen LogP contribution is -2.03. The van der Waals surface area contributed by atoms with Crippen LogP contribution in [-0.4, -0.2) is 20.2 Å². The summed E-state index contributed by atoms with van der Waals surface area (Å²) in [6.07, 6.45) is 0. The highest BCUT2D eigenvalue weighted by Gasteiger charge is 2.11. The Balaban J connectivity index is 2.54. The summed E-state index contributed by atoms with van der Waals surface area (Å²) in [5, 5.41) is 10.8. The minimum absolute atomic E-state index is 0.127. The molecule has 0 saturated carbocycles. The molecule has 0 aliphatic rings. The van der Waals surface area contributed by atoms with E-state index < -0.39 is 5.82 Å². The van der Waals surface area contributed by atoms with E-state index in [0.717, 1.165) is 0 Å². The Kier molecular flexibility index (Phi) is 2.97. The Bertz CT molecular complexity index is 487. The van der Waals surface area contributed by atoms with E-state index >= 15 is 0 Å². The highest BCUT2D eigenvalue weighted by atomic mass is 79.9. The van der Waals surface area contributed by atoms with Crippen LogP contribution < -0.4 is 0 Å². The smallest absolute Gasteiger partial charge is 0.171 e. The Morgan fingerprint density at radius 1 is 1.47 bits per heavy atom. The van der Waals surface area contributed by atoms with E-state index in [-0.39, 0.29) is 11.6 Å². The molecule has 0 fully saturated rings. The molecule has 78 valence electrons. The normalized spacial score (nSPS) is 10.6. The van der Waals surface area contributed by atoms with Crippen molar-refractivity contribution < 1.29 is 4.39 Å². The average Bonchev–Trinajstić information content (AvgIpc) is 2.65. The van der Waals surface area contributed by atoms with Crippen molar-refractivity contribution in [2.45, 2.75) is 5.88 Å². The largest absolute Gasteiger partial charge is 0.205 e. The van der Waals surface area contributed by atoms with Gasteiger partial charge in [-0.2, -0.15) is 4.68 Å². The molecule has 1 heterocycles. The van der Waals surface area contributed by atoms with Gasteiger partial charge in [-0.1, -0.05) is 15.9 Å². The summed E-state index contributed by atoms with van der Waals surface area (Å²) in [4.78, 5) is 0. The van der Waals surface area contributed by atoms with Gasteiger partial charge in [0.25, 0.3) is 0 Å². The first kappa shape index (κ1) is 10.5. The first-order chi connectivity index (χ1) is 7.22. The fraction of sp³-hybridized carbons (Fsp3) is 0.125. The minimum atomic E-state index is -0.414. The second-order valence-corrected chi connectivity index (χ2v) is 3.92. The van der Waals surface area contributed by atoms with Gasteiger partial charge in [0.05, 0.1) is 5.88 Å². The predicted molar refractivity (Wildman–Crippen MR) is 56.4 cm³/mol. The Hall–Kier alpha value is -1.01. The van der Waals surface area contributed by atoms with Gasteiger partial charge < -0.3 is 0 Å². The molecule has 0 spiro atoms. The fourth-order valence-corrected chi connectivity index (χ4v) is 1.63. The average molecular weight is 292 g/mol. The number of hydrogen-bond acceptors (Lipinski definition) is 3. The van der Waals surface area contributed by atoms with Crippen LogP contribution in [0.2, 0.25) is 0 Å². The summed E-state index contributed by atoms with van der Waals surface area (Å²) in [5.41, 5.74) is 0.277. The molecular formula is C8H5BrClFN4. The van der Waals surface area contributed by atoms with Crippen molar-refractivity contribution in [1.29, 1.82) is 0 Å². The summed E-state index contributed by atoms with van der Waals surface area (Å²) >= 11 is 8.78. The lowest BCUT2D eigenvalue weighted by molar-refractivity contribution is 0.603. The van der Waals surface area contributed by atoms with E-state index in [1.807, 2.05) is 0 Å². The Labute approximate surface area is 98.2 Å². The Morgan fingerprint density at radius 2 is 2.27 bits per heavy atom. The van der Waals surface area contributed by atoms with Crippen molar-refractivity contribution in [1.82, 2.24) is 20.2 Å². The molecule has 1 aromatic heterocycles. The summed E-state index contributed by atoms with van der Waals surface area (Å²) in [6.45, 7) is 0. The number of rotatable bonds is 2. The molecular weight excluding hydrogens is 286 g/mol. The zero-order valence-corrected chi connectivity index (χ0v) is 9.70. The number of halogens is 3. The third kappa shape index (κ3) is 2.00. The lowest BCUT2D eigenvalue weighted by atomic mass is 10.3. The zero-order valence-electron chi connectivity index (χ0n) is 7.36. The first-order valence-corrected chi connectivity index (χ1v) is 5.34. The van der Waals surface area contributed by atoms with Crippen LogP contribution >= 0.6 is 27.5 Å². The summed E-state index contributed by atoms with van der Waals surface area (Å²) in [5.74, 6) is 0.114. The van der Waals surface area contributed by atoms with Gasteiger partial charge in [0.1, 0.15) is 11.5 Å². The Morgan fingerprint density at radius 3 is 2.93 bits per heavy atom. The van der Waals surface area contributed by atoms with Crippen molar-refractivity contribution in [2.75, 3.05) is 0 Å². The quantitative estimate of drug-likeness (QED) is 0.798. The number of alkyl halides is 1. The van der Waals surface area contributed by atoms with Crippen molar-refractivity contribution in [2.24, 2.45) is 0 Å². The van der Waals surface area contributed by atoms with Crippen LogP contribution in [0.25, 0.3) is 5.69 Å². The number of nitrogens with zero attached hydrogens (tertiary/aromatic N) is 4. The molecule has 2 rings (SSSR count). The maximum Gasteiger partial charge on any atom is 0.171 e. The van der Waals surface area contributed by atoms with Crippen LogP contribution in [0.3, 0.4) is 0 Å². The molecule has 0 amide bonds. The van der Waals surface area contributed by atoms with Crippen molar-refractivity contribution >= 4 is 27.5 Å². The van der Waals surface area contributed by atoms with Crippen molar-refractivity contribution in [3.8, 4) is 5.69 Å². The van der Waals surface area contributed by atoms with E-state index in [0.29, 0.717) is 10.3 Å². The molecule has 0 radical (unpaired) electrons. The van der Waals surface area contributed by atoms with Crippen LogP contribution in [0.15, 0.2) is 22.7 Å². The molecule has 7 heteroatoms. The van der Waals surface area contributed by atoms with Crippen LogP contribution in [0.1, 0.15) is 5.82 Å². The zero-order chi connectivity index (χ0) is 10.8. The van der Waals surface area contributed by atoms with Gasteiger partial charge in [0, 0.05) is 4.47 Å². The number of aromatic nitrogens is 4. The second kappa shape index (κ2) is 4.24. The molecule has 4 nitrogen and oxygen atoms in total. The van der Waals surface area contributed by atoms with Gasteiger partial charge in [-0.15, -0.1) is 16.7 Å². The number of tetrazole rings is 1. The third-order valence-electron chi connectivity index (χ3n) is 1.79. The highest BCUT2D eigenvalue weighted by molar-refractivity contribution is 9.10. The van der Waals surface area contributed by atoms with Crippen LogP contribution in [0.4, 0.5) is 4.39 Å². The number of hydrogen-bond donors (Lipinski definition) is 0. The SMILES string of the molecule is Fc1cc(Br)ccc1-n1nnnc1CCl. The molecule has 0 N–H and O–H groups in total. The standard InChI is InChI=1S/C8H5BrClFN4/c9-5-1-2-7(6(11)3-5)15-8(4-10)12-13-14-15/h1-3H,4H2. The van der Waals surface area contributed by atoms with Gasteiger partial charge >= 0.3 is 0 Å². The molecule has 0 aliphatic carbocycles. The van der Waals surface area contributed by atoms with E-state index in [2.05, 4.69) is 31.5 Å². The van der Waals surface area contributed by atoms with Gasteiger partial charge in [-0.05, 0) is 28.6 Å². The van der Waals surface area contributed by atoms with Gasteiger partial charge in [-0.25, -0.2) is 4.39 Å². The summed E-state index contributed by atoms with van der Waals surface area (Å²) in [6, 6.07) is 4.62. The van der Waals surface area contributed by atoms with Gasteiger partial charge in [0.15, 0.2) is 5.82 Å². The molecule has 15 heavy (non-hydrogen) atoms. The molecule has 0 aliphatic heterocycles. The fourth-order valence-electron chi connectivity index (χ4n) is 1.13. The van der Waals surface area contributed by atoms with Gasteiger partial charge in [0.2, 0.25) is 0 Å². The lowest BCUT2D eigenvalue weighted by Gasteiger charge is -2.03. The van der Waals surface area contributed by atoms with E-state index in [1.165, 1.54) is 10.7 Å². The second-order valence-electron chi connectivity index (χ2n) is 2.74. The van der Waals surface area contributed by atoms with E-state index in [9.17, 15) is 4.39 Å². The predicted octanol–water partition coefficient (Wildman–Crippen LogP) is 2.30. The van der Waals surface area contributed by atoms with Crippen LogP contribution in [0, 0.1) is 5.82 Å². The van der Waals surface area contributed by atoms with Crippen LogP contribution in [-0.2, 0) is 5.88 Å². The molecule has 0 saturated heterocycles. The van der Waals surface area contributed by atoms with Crippen molar-refractivity contribution in [3.05, 3.63) is 34.3 Å². The molecule has 1 aromatic carbocycles. The van der Waals surface area contributed by atoms with E-state index in [4.69, 9.17) is 11.6 Å². The topological polar surface area (TPSA) is 43.6 Å². The van der Waals surface area contributed by atoms with Gasteiger partial charge in [-0.3, -0.25) is 0 Å². The summed E-state index contributed by atoms with van der Waals surface area (Å²) < 4.78 is 15.5. The first-order valence-electron chi connectivity index (χ1n) is 4.01. The summed E-state index contributed by atoms with van der Waals surface area (Å²) in [7, 11) is 0. The maximum atomic E-state index is 13.5. The van der Waals surface area contributed by atoms with Crippen LogP contribution in [0.5, 0.6) is 0 Å². The van der Waals surface area contributed by atoms with E-state index in [1.54, 1.807) is 12.1 Å². The molecule has 2 aromatic rings. The minimum Gasteiger partial charge on any atom is -0.205 e. The molecule has 0 atom stereocenters. The van der Waals surface area contributed by atoms with Crippen molar-refractivity contribution in [3.63, 3.8) is 0 Å².